The molecule has 0 amide bonds. The van der Waals surface area contributed by atoms with Crippen molar-refractivity contribution in [2.45, 2.75) is 11.5 Å². The predicted molar refractivity (Wildman–Crippen MR) is 85.2 cm³/mol. The Morgan fingerprint density at radius 3 is 2.87 bits per heavy atom. The monoisotopic (exact) mass is 333 g/mol. The number of sulfone groups is 1. The summed E-state index contributed by atoms with van der Waals surface area (Å²) in [6.07, 6.45) is 2.76. The van der Waals surface area contributed by atoms with Crippen molar-refractivity contribution in [2.24, 2.45) is 0 Å². The Hall–Kier alpha value is -2.52. The average Bonchev–Trinajstić information content (AvgIpc) is 2.96. The van der Waals surface area contributed by atoms with Crippen LogP contribution < -0.4 is 5.32 Å². The molecule has 3 rings (SSSR count). The summed E-state index contributed by atoms with van der Waals surface area (Å²) in [7, 11) is -1.72. The number of hydrogen-bond acceptors (Lipinski definition) is 7. The van der Waals surface area contributed by atoms with Crippen LogP contribution in [-0.2, 0) is 21.2 Å². The zero-order valence-corrected chi connectivity index (χ0v) is 13.4. The minimum absolute atomic E-state index is 0.231. The molecule has 0 aliphatic rings. The van der Waals surface area contributed by atoms with E-state index in [1.54, 1.807) is 37.6 Å². The number of hydrogen-bond donors (Lipinski definition) is 2. The zero-order chi connectivity index (χ0) is 16.4. The Morgan fingerprint density at radius 2 is 2.13 bits per heavy atom. The molecule has 0 atom stereocenters. The molecule has 0 saturated heterocycles. The SMILES string of the molecule is COCc1nc(Nc2cccc(S(C)(=O)=O)c2)c2[nH]ncc2n1. The van der Waals surface area contributed by atoms with Gasteiger partial charge in [-0.1, -0.05) is 6.07 Å². The summed E-state index contributed by atoms with van der Waals surface area (Å²) < 4.78 is 28.4. The number of rotatable bonds is 5. The topological polar surface area (TPSA) is 110 Å². The minimum atomic E-state index is -3.28. The molecule has 3 aromatic rings. The second-order valence-corrected chi connectivity index (χ2v) is 6.99. The molecule has 23 heavy (non-hydrogen) atoms. The van der Waals surface area contributed by atoms with Crippen LogP contribution in [-0.4, -0.2) is 41.9 Å². The molecule has 0 aliphatic heterocycles. The van der Waals surface area contributed by atoms with E-state index in [1.807, 2.05) is 0 Å². The van der Waals surface area contributed by atoms with E-state index in [9.17, 15) is 8.42 Å². The molecule has 0 fully saturated rings. The number of H-pyrrole nitrogens is 1. The zero-order valence-electron chi connectivity index (χ0n) is 12.6. The lowest BCUT2D eigenvalue weighted by Gasteiger charge is -2.09. The molecule has 120 valence electrons. The van der Waals surface area contributed by atoms with E-state index in [0.717, 1.165) is 0 Å². The van der Waals surface area contributed by atoms with Gasteiger partial charge >= 0.3 is 0 Å². The van der Waals surface area contributed by atoms with Crippen molar-refractivity contribution in [3.8, 4) is 0 Å². The number of aromatic amines is 1. The van der Waals surface area contributed by atoms with Crippen LogP contribution in [0, 0.1) is 0 Å². The molecule has 0 radical (unpaired) electrons. The second-order valence-electron chi connectivity index (χ2n) is 4.98. The highest BCUT2D eigenvalue weighted by atomic mass is 32.2. The van der Waals surface area contributed by atoms with E-state index in [1.165, 1.54) is 6.26 Å². The smallest absolute Gasteiger partial charge is 0.175 e. The lowest BCUT2D eigenvalue weighted by atomic mass is 10.3. The maximum atomic E-state index is 11.7. The second kappa shape index (κ2) is 5.94. The van der Waals surface area contributed by atoms with Crippen molar-refractivity contribution in [3.63, 3.8) is 0 Å². The summed E-state index contributed by atoms with van der Waals surface area (Å²) in [5.74, 6) is 1.01. The molecular formula is C14H15N5O3S. The highest BCUT2D eigenvalue weighted by Crippen LogP contribution is 2.23. The van der Waals surface area contributed by atoms with E-state index < -0.39 is 9.84 Å². The Morgan fingerprint density at radius 1 is 1.30 bits per heavy atom. The number of ether oxygens (including phenoxy) is 1. The van der Waals surface area contributed by atoms with Crippen LogP contribution in [0.4, 0.5) is 11.5 Å². The summed E-state index contributed by atoms with van der Waals surface area (Å²) in [4.78, 5) is 8.93. The van der Waals surface area contributed by atoms with Crippen molar-refractivity contribution >= 4 is 32.4 Å². The summed E-state index contributed by atoms with van der Waals surface area (Å²) in [5, 5.41) is 9.89. The number of benzene rings is 1. The van der Waals surface area contributed by atoms with E-state index in [4.69, 9.17) is 4.74 Å². The van der Waals surface area contributed by atoms with Crippen LogP contribution in [0.15, 0.2) is 35.4 Å². The number of nitrogens with one attached hydrogen (secondary N) is 2. The molecule has 0 spiro atoms. The molecule has 0 bridgehead atoms. The molecule has 0 unspecified atom stereocenters. The van der Waals surface area contributed by atoms with Gasteiger partial charge in [-0.05, 0) is 18.2 Å². The number of methoxy groups -OCH3 is 1. The van der Waals surface area contributed by atoms with E-state index in [-0.39, 0.29) is 11.5 Å². The predicted octanol–water partition coefficient (Wildman–Crippen LogP) is 1.65. The van der Waals surface area contributed by atoms with Crippen LogP contribution in [0.25, 0.3) is 11.0 Å². The first-order chi connectivity index (χ1) is 11.0. The summed E-state index contributed by atoms with van der Waals surface area (Å²) in [6.45, 7) is 0.263. The van der Waals surface area contributed by atoms with Crippen LogP contribution in [0.5, 0.6) is 0 Å². The summed E-state index contributed by atoms with van der Waals surface area (Å²) in [6, 6.07) is 6.52. The van der Waals surface area contributed by atoms with Gasteiger partial charge in [0.25, 0.3) is 0 Å². The van der Waals surface area contributed by atoms with E-state index in [0.29, 0.717) is 28.4 Å². The summed E-state index contributed by atoms with van der Waals surface area (Å²) >= 11 is 0. The van der Waals surface area contributed by atoms with Crippen LogP contribution in [0.1, 0.15) is 5.82 Å². The number of anilines is 2. The van der Waals surface area contributed by atoms with Gasteiger partial charge in [0.15, 0.2) is 21.5 Å². The lowest BCUT2D eigenvalue weighted by molar-refractivity contribution is 0.178. The normalized spacial score (nSPS) is 11.7. The number of aromatic nitrogens is 4. The quantitative estimate of drug-likeness (QED) is 0.730. The van der Waals surface area contributed by atoms with Crippen molar-refractivity contribution in [2.75, 3.05) is 18.7 Å². The number of fused-ring (bicyclic) bond motifs is 1. The Labute approximate surface area is 132 Å². The van der Waals surface area contributed by atoms with Gasteiger partial charge in [0.05, 0.1) is 11.1 Å². The highest BCUT2D eigenvalue weighted by molar-refractivity contribution is 7.90. The largest absolute Gasteiger partial charge is 0.377 e. The fraction of sp³-hybridized carbons (Fsp3) is 0.214. The molecule has 0 aliphatic carbocycles. The van der Waals surface area contributed by atoms with Crippen LogP contribution >= 0.6 is 0 Å². The van der Waals surface area contributed by atoms with Gasteiger partial charge in [-0.25, -0.2) is 18.4 Å². The van der Waals surface area contributed by atoms with E-state index >= 15 is 0 Å². The molecular weight excluding hydrogens is 318 g/mol. The fourth-order valence-corrected chi connectivity index (χ4v) is 2.78. The lowest BCUT2D eigenvalue weighted by Crippen LogP contribution is -2.03. The van der Waals surface area contributed by atoms with Gasteiger partial charge in [-0.15, -0.1) is 0 Å². The standard InChI is InChI=1S/C14H15N5O3S/c1-22-8-12-17-11-7-15-19-13(11)14(18-12)16-9-4-3-5-10(6-9)23(2,20)21/h3-7H,8H2,1-2H3,(H,15,19)(H,16,17,18). The Bertz CT molecular complexity index is 952. The van der Waals surface area contributed by atoms with Crippen molar-refractivity contribution < 1.29 is 13.2 Å². The van der Waals surface area contributed by atoms with Crippen molar-refractivity contribution in [3.05, 3.63) is 36.3 Å². The third kappa shape index (κ3) is 3.30. The Kier molecular flexibility index (Phi) is 3.97. The molecule has 2 heterocycles. The Balaban J connectivity index is 2.02. The van der Waals surface area contributed by atoms with Crippen LogP contribution in [0.3, 0.4) is 0 Å². The third-order valence-corrected chi connectivity index (χ3v) is 4.26. The fourth-order valence-electron chi connectivity index (χ4n) is 2.11. The maximum Gasteiger partial charge on any atom is 0.175 e. The molecule has 8 nitrogen and oxygen atoms in total. The maximum absolute atomic E-state index is 11.7. The van der Waals surface area contributed by atoms with Crippen LogP contribution in [0.2, 0.25) is 0 Å². The minimum Gasteiger partial charge on any atom is -0.377 e. The van der Waals surface area contributed by atoms with Crippen molar-refractivity contribution in [1.82, 2.24) is 20.2 Å². The average molecular weight is 333 g/mol. The van der Waals surface area contributed by atoms with Gasteiger partial charge < -0.3 is 10.1 Å². The summed E-state index contributed by atoms with van der Waals surface area (Å²) in [5.41, 5.74) is 1.88. The van der Waals surface area contributed by atoms with E-state index in [2.05, 4.69) is 25.5 Å². The third-order valence-electron chi connectivity index (χ3n) is 3.14. The van der Waals surface area contributed by atoms with Gasteiger partial charge in [0, 0.05) is 19.1 Å². The van der Waals surface area contributed by atoms with Crippen molar-refractivity contribution in [1.29, 1.82) is 0 Å². The molecule has 2 N–H and O–H groups in total. The molecule has 0 saturated carbocycles. The molecule has 2 aromatic heterocycles. The first-order valence-electron chi connectivity index (χ1n) is 6.73. The van der Waals surface area contributed by atoms with Gasteiger partial charge in [-0.2, -0.15) is 5.10 Å². The molecule has 1 aromatic carbocycles. The number of nitrogens with zero attached hydrogens (tertiary/aromatic N) is 3. The van der Waals surface area contributed by atoms with Gasteiger partial charge in [0.1, 0.15) is 17.6 Å². The first kappa shape index (κ1) is 15.4. The van der Waals surface area contributed by atoms with Gasteiger partial charge in [0.2, 0.25) is 0 Å². The first-order valence-corrected chi connectivity index (χ1v) is 8.62. The highest BCUT2D eigenvalue weighted by Gasteiger charge is 2.12. The van der Waals surface area contributed by atoms with Gasteiger partial charge in [-0.3, -0.25) is 5.10 Å². The molecule has 9 heteroatoms.